The van der Waals surface area contributed by atoms with E-state index in [4.69, 9.17) is 9.47 Å². The van der Waals surface area contributed by atoms with E-state index in [0.717, 1.165) is 23.3 Å². The smallest absolute Gasteiger partial charge is 0.423 e. The second-order valence-electron chi connectivity index (χ2n) is 5.59. The van der Waals surface area contributed by atoms with Crippen LogP contribution in [0.3, 0.4) is 0 Å². The van der Waals surface area contributed by atoms with Gasteiger partial charge >= 0.3 is 6.18 Å². The summed E-state index contributed by atoms with van der Waals surface area (Å²) in [6.07, 6.45) is -3.12. The molecule has 0 unspecified atom stereocenters. The number of allylic oxidation sites excluding steroid dienone is 2. The molecule has 0 aromatic heterocycles. The van der Waals surface area contributed by atoms with Gasteiger partial charge in [-0.3, -0.25) is 10.1 Å². The summed E-state index contributed by atoms with van der Waals surface area (Å²) in [6, 6.07) is 7.27. The molecule has 1 heterocycles. The Hall–Kier alpha value is -3.29. The van der Waals surface area contributed by atoms with Crippen molar-refractivity contribution in [2.45, 2.75) is 13.1 Å². The maximum atomic E-state index is 13.0. The molecule has 5 nitrogen and oxygen atoms in total. The number of halogens is 3. The summed E-state index contributed by atoms with van der Waals surface area (Å²) in [5, 5.41) is 10.8. The Morgan fingerprint density at radius 2 is 1.81 bits per heavy atom. The molecule has 0 fully saturated rings. The Labute approximate surface area is 146 Å². The van der Waals surface area contributed by atoms with Crippen molar-refractivity contribution in [1.82, 2.24) is 0 Å². The van der Waals surface area contributed by atoms with E-state index in [2.05, 4.69) is 6.58 Å². The molecule has 0 aliphatic carbocycles. The molecule has 1 aliphatic heterocycles. The van der Waals surface area contributed by atoms with Crippen LogP contribution in [0.5, 0.6) is 17.2 Å². The van der Waals surface area contributed by atoms with Crippen LogP contribution in [-0.4, -0.2) is 4.92 Å². The molecule has 26 heavy (non-hydrogen) atoms. The predicted octanol–water partition coefficient (Wildman–Crippen LogP) is 5.72. The molecule has 2 aromatic carbocycles. The van der Waals surface area contributed by atoms with Crippen LogP contribution in [0.25, 0.3) is 5.57 Å². The number of alkyl halides is 3. The summed E-state index contributed by atoms with van der Waals surface area (Å²) in [7, 11) is 0. The molecule has 0 atom stereocenters. The fourth-order valence-corrected chi connectivity index (χ4v) is 2.57. The molecule has 0 saturated heterocycles. The zero-order valence-electron chi connectivity index (χ0n) is 13.5. The minimum Gasteiger partial charge on any atom is -0.457 e. The van der Waals surface area contributed by atoms with Crippen molar-refractivity contribution in [2.24, 2.45) is 0 Å². The number of nitrogens with zero attached hydrogens (tertiary/aromatic N) is 1. The zero-order valence-corrected chi connectivity index (χ0v) is 13.5. The Morgan fingerprint density at radius 1 is 1.15 bits per heavy atom. The second kappa shape index (κ2) is 6.21. The monoisotopic (exact) mass is 363 g/mol. The van der Waals surface area contributed by atoms with Gasteiger partial charge in [0.25, 0.3) is 5.69 Å². The predicted molar refractivity (Wildman–Crippen MR) is 88.0 cm³/mol. The highest BCUT2D eigenvalue weighted by Crippen LogP contribution is 2.40. The molecule has 0 bridgehead atoms. The number of benzene rings is 2. The highest BCUT2D eigenvalue weighted by molar-refractivity contribution is 5.74. The fourth-order valence-electron chi connectivity index (χ4n) is 2.57. The quantitative estimate of drug-likeness (QED) is 0.517. The van der Waals surface area contributed by atoms with Crippen LogP contribution < -0.4 is 9.47 Å². The van der Waals surface area contributed by atoms with Gasteiger partial charge in [-0.1, -0.05) is 6.58 Å². The molecule has 134 valence electrons. The van der Waals surface area contributed by atoms with E-state index in [0.29, 0.717) is 17.6 Å². The molecule has 0 N–H and O–H groups in total. The lowest BCUT2D eigenvalue weighted by Crippen LogP contribution is -2.09. The molecule has 3 rings (SSSR count). The summed E-state index contributed by atoms with van der Waals surface area (Å²) < 4.78 is 50.1. The summed E-state index contributed by atoms with van der Waals surface area (Å²) in [4.78, 5) is 9.71. The van der Waals surface area contributed by atoms with Crippen molar-refractivity contribution in [3.8, 4) is 17.2 Å². The second-order valence-corrected chi connectivity index (χ2v) is 5.59. The number of fused-ring (bicyclic) bond motifs is 1. The van der Waals surface area contributed by atoms with Gasteiger partial charge in [0.15, 0.2) is 0 Å². The zero-order chi connectivity index (χ0) is 19.1. The Kier molecular flexibility index (Phi) is 4.19. The molecule has 0 saturated carbocycles. The van der Waals surface area contributed by atoms with E-state index in [1.165, 1.54) is 6.07 Å². The fraction of sp³-hybridized carbons (Fsp3) is 0.111. The van der Waals surface area contributed by atoms with E-state index >= 15 is 0 Å². The highest BCUT2D eigenvalue weighted by atomic mass is 19.4. The lowest BCUT2D eigenvalue weighted by atomic mass is 10.0. The van der Waals surface area contributed by atoms with Gasteiger partial charge < -0.3 is 9.47 Å². The average Bonchev–Trinajstić information content (AvgIpc) is 2.53. The number of hydrogen-bond acceptors (Lipinski definition) is 4. The van der Waals surface area contributed by atoms with Crippen molar-refractivity contribution >= 4 is 11.3 Å². The largest absolute Gasteiger partial charge is 0.457 e. The van der Waals surface area contributed by atoms with Gasteiger partial charge in [0.1, 0.15) is 28.6 Å². The Morgan fingerprint density at radius 3 is 2.46 bits per heavy atom. The third kappa shape index (κ3) is 3.39. The van der Waals surface area contributed by atoms with Crippen molar-refractivity contribution in [2.75, 3.05) is 0 Å². The Balaban J connectivity index is 1.95. The molecule has 1 aliphatic rings. The van der Waals surface area contributed by atoms with Gasteiger partial charge in [0, 0.05) is 17.7 Å². The number of ether oxygens (including phenoxy) is 2. The van der Waals surface area contributed by atoms with Crippen molar-refractivity contribution in [3.05, 3.63) is 76.1 Å². The molecule has 0 radical (unpaired) electrons. The first-order chi connectivity index (χ1) is 12.1. The van der Waals surface area contributed by atoms with Gasteiger partial charge in [-0.05, 0) is 42.8 Å². The molecular weight excluding hydrogens is 351 g/mol. The van der Waals surface area contributed by atoms with Gasteiger partial charge in [0.2, 0.25) is 0 Å². The van der Waals surface area contributed by atoms with Crippen LogP contribution >= 0.6 is 0 Å². The first-order valence-electron chi connectivity index (χ1n) is 7.38. The average molecular weight is 363 g/mol. The molecule has 0 amide bonds. The van der Waals surface area contributed by atoms with Crippen LogP contribution in [0.15, 0.2) is 54.8 Å². The van der Waals surface area contributed by atoms with Gasteiger partial charge in [-0.25, -0.2) is 0 Å². The normalized spacial score (nSPS) is 13.5. The summed E-state index contributed by atoms with van der Waals surface area (Å²) >= 11 is 0. The summed E-state index contributed by atoms with van der Waals surface area (Å²) in [5.74, 6) is 0.949. The van der Waals surface area contributed by atoms with E-state index in [1.54, 1.807) is 18.2 Å². The standard InChI is InChI=1S/C18H12F3NO4/c1-10-7-11(2)25-17-9-13(3-5-14(10)17)26-12-4-6-16(22(23)24)15(8-12)18(19,20)21/h3-9H,2H2,1H3. The maximum absolute atomic E-state index is 13.0. The van der Waals surface area contributed by atoms with Crippen LogP contribution in [-0.2, 0) is 6.18 Å². The first kappa shape index (κ1) is 17.5. The molecular formula is C18H12F3NO4. The van der Waals surface area contributed by atoms with Crippen LogP contribution in [0.4, 0.5) is 18.9 Å². The van der Waals surface area contributed by atoms with Gasteiger partial charge in [0.05, 0.1) is 4.92 Å². The van der Waals surface area contributed by atoms with Gasteiger partial charge in [-0.15, -0.1) is 0 Å². The summed E-state index contributed by atoms with van der Waals surface area (Å²) in [5.41, 5.74) is -0.668. The molecule has 8 heteroatoms. The van der Waals surface area contributed by atoms with Crippen LogP contribution in [0.1, 0.15) is 18.1 Å². The molecule has 2 aromatic rings. The number of nitro groups is 1. The lowest BCUT2D eigenvalue weighted by Gasteiger charge is -2.18. The minimum absolute atomic E-state index is 0.176. The van der Waals surface area contributed by atoms with E-state index in [1.807, 2.05) is 6.92 Å². The van der Waals surface area contributed by atoms with Crippen molar-refractivity contribution in [3.63, 3.8) is 0 Å². The number of hydrogen-bond donors (Lipinski definition) is 0. The van der Waals surface area contributed by atoms with Crippen LogP contribution in [0.2, 0.25) is 0 Å². The lowest BCUT2D eigenvalue weighted by molar-refractivity contribution is -0.388. The highest BCUT2D eigenvalue weighted by Gasteiger charge is 2.38. The SMILES string of the molecule is C=C1C=C(C)c2ccc(Oc3ccc([N+](=O)[O-])c(C(F)(F)F)c3)cc2O1. The van der Waals surface area contributed by atoms with E-state index < -0.39 is 22.4 Å². The molecule has 0 spiro atoms. The van der Waals surface area contributed by atoms with E-state index in [-0.39, 0.29) is 11.5 Å². The number of rotatable bonds is 3. The van der Waals surface area contributed by atoms with E-state index in [9.17, 15) is 23.3 Å². The topological polar surface area (TPSA) is 61.6 Å². The maximum Gasteiger partial charge on any atom is 0.423 e. The third-order valence-corrected chi connectivity index (χ3v) is 3.70. The van der Waals surface area contributed by atoms with Crippen molar-refractivity contribution < 1.29 is 27.6 Å². The third-order valence-electron chi connectivity index (χ3n) is 3.70. The van der Waals surface area contributed by atoms with Gasteiger partial charge in [-0.2, -0.15) is 13.2 Å². The van der Waals surface area contributed by atoms with Crippen molar-refractivity contribution in [1.29, 1.82) is 0 Å². The number of nitro benzene ring substituents is 1. The minimum atomic E-state index is -4.87. The first-order valence-corrected chi connectivity index (χ1v) is 7.38. The van der Waals surface area contributed by atoms with Crippen LogP contribution in [0, 0.1) is 10.1 Å². The summed E-state index contributed by atoms with van der Waals surface area (Å²) in [6.45, 7) is 5.59. The Bertz CT molecular complexity index is 948.